The molecule has 27 heavy (non-hydrogen) atoms. The standard InChI is InChI=1S/C14H10F4N4O5/c15-5-1-2-7-6(3-5)13(10(24)19-12(26)20-13)4-8(27-7)9(23)21-22-11(25)14(16,17)18/h1-3,8H,4H2,(H,21,23)(H,22,25)(H2,19,20,24,26)/t8-,13-/m0/s1. The van der Waals surface area contributed by atoms with Crippen LogP contribution >= 0.6 is 0 Å². The molecular formula is C14H10F4N4O5. The molecular weight excluding hydrogens is 380 g/mol. The summed E-state index contributed by atoms with van der Waals surface area (Å²) in [5.41, 5.74) is 0.772. The van der Waals surface area contributed by atoms with Crippen LogP contribution in [0.25, 0.3) is 0 Å². The zero-order valence-electron chi connectivity index (χ0n) is 13.1. The number of carbonyl (C=O) groups is 4. The van der Waals surface area contributed by atoms with Crippen LogP contribution in [0.3, 0.4) is 0 Å². The summed E-state index contributed by atoms with van der Waals surface area (Å²) in [6.45, 7) is 0. The molecule has 1 fully saturated rings. The van der Waals surface area contributed by atoms with Crippen molar-refractivity contribution in [2.24, 2.45) is 0 Å². The van der Waals surface area contributed by atoms with E-state index in [1.165, 1.54) is 5.43 Å². The predicted octanol–water partition coefficient (Wildman–Crippen LogP) is -0.279. The molecule has 4 N–H and O–H groups in total. The minimum absolute atomic E-state index is 0.0609. The van der Waals surface area contributed by atoms with Crippen LogP contribution < -0.4 is 26.2 Å². The van der Waals surface area contributed by atoms with Gasteiger partial charge in [-0.25, -0.2) is 9.18 Å². The summed E-state index contributed by atoms with van der Waals surface area (Å²) in [4.78, 5) is 46.7. The maximum Gasteiger partial charge on any atom is 0.472 e. The Balaban J connectivity index is 1.87. The highest BCUT2D eigenvalue weighted by Gasteiger charge is 2.54. The average molecular weight is 390 g/mol. The number of nitrogens with one attached hydrogen (secondary N) is 4. The first-order valence-corrected chi connectivity index (χ1v) is 7.30. The molecule has 1 spiro atoms. The highest BCUT2D eigenvalue weighted by molar-refractivity contribution is 6.08. The molecule has 9 nitrogen and oxygen atoms in total. The van der Waals surface area contributed by atoms with Gasteiger partial charge in [-0.2, -0.15) is 13.2 Å². The van der Waals surface area contributed by atoms with Crippen LogP contribution in [-0.4, -0.2) is 36.0 Å². The number of fused-ring (bicyclic) bond motifs is 2. The van der Waals surface area contributed by atoms with Gasteiger partial charge >= 0.3 is 18.1 Å². The van der Waals surface area contributed by atoms with Crippen LogP contribution in [0.15, 0.2) is 18.2 Å². The number of amides is 5. The van der Waals surface area contributed by atoms with Gasteiger partial charge in [-0.3, -0.25) is 30.6 Å². The smallest absolute Gasteiger partial charge is 0.472 e. The molecule has 2 heterocycles. The highest BCUT2D eigenvalue weighted by Crippen LogP contribution is 2.41. The first-order valence-electron chi connectivity index (χ1n) is 7.30. The molecule has 0 aliphatic carbocycles. The zero-order valence-corrected chi connectivity index (χ0v) is 13.1. The molecule has 0 unspecified atom stereocenters. The van der Waals surface area contributed by atoms with Crippen LogP contribution in [0, 0.1) is 5.82 Å². The summed E-state index contributed by atoms with van der Waals surface area (Å²) in [6, 6.07) is 2.09. The largest absolute Gasteiger partial charge is 0.480 e. The first-order chi connectivity index (χ1) is 12.5. The number of halogens is 4. The summed E-state index contributed by atoms with van der Waals surface area (Å²) >= 11 is 0. The van der Waals surface area contributed by atoms with E-state index in [0.717, 1.165) is 23.6 Å². The molecule has 2 atom stereocenters. The van der Waals surface area contributed by atoms with E-state index in [-0.39, 0.29) is 11.3 Å². The molecule has 5 amide bonds. The van der Waals surface area contributed by atoms with Crippen molar-refractivity contribution in [1.29, 1.82) is 0 Å². The van der Waals surface area contributed by atoms with E-state index in [0.29, 0.717) is 0 Å². The lowest BCUT2D eigenvalue weighted by Crippen LogP contribution is -2.57. The Kier molecular flexibility index (Phi) is 4.16. The van der Waals surface area contributed by atoms with Gasteiger partial charge in [0.1, 0.15) is 11.6 Å². The van der Waals surface area contributed by atoms with Gasteiger partial charge in [0, 0.05) is 12.0 Å². The van der Waals surface area contributed by atoms with Crippen molar-refractivity contribution in [3.05, 3.63) is 29.6 Å². The van der Waals surface area contributed by atoms with Crippen molar-refractivity contribution in [3.8, 4) is 5.75 Å². The van der Waals surface area contributed by atoms with Gasteiger partial charge in [0.25, 0.3) is 11.8 Å². The average Bonchev–Trinajstić information content (AvgIpc) is 2.85. The van der Waals surface area contributed by atoms with Gasteiger partial charge in [0.2, 0.25) is 0 Å². The fourth-order valence-corrected chi connectivity index (χ4v) is 2.76. The van der Waals surface area contributed by atoms with Gasteiger partial charge in [0.05, 0.1) is 0 Å². The molecule has 2 aliphatic rings. The summed E-state index contributed by atoms with van der Waals surface area (Å²) < 4.78 is 55.4. The minimum Gasteiger partial charge on any atom is -0.480 e. The third kappa shape index (κ3) is 3.22. The van der Waals surface area contributed by atoms with Crippen molar-refractivity contribution in [3.63, 3.8) is 0 Å². The quantitative estimate of drug-likeness (QED) is 0.298. The third-order valence-electron chi connectivity index (χ3n) is 3.95. The van der Waals surface area contributed by atoms with E-state index in [9.17, 15) is 36.7 Å². The first kappa shape index (κ1) is 18.4. The number of hydrazine groups is 1. The van der Waals surface area contributed by atoms with Crippen LogP contribution in [0.1, 0.15) is 12.0 Å². The molecule has 3 rings (SSSR count). The third-order valence-corrected chi connectivity index (χ3v) is 3.95. The van der Waals surface area contributed by atoms with Crippen LogP contribution in [-0.2, 0) is 19.9 Å². The molecule has 13 heteroatoms. The van der Waals surface area contributed by atoms with E-state index in [1.54, 1.807) is 0 Å². The molecule has 0 radical (unpaired) electrons. The topological polar surface area (TPSA) is 126 Å². The molecule has 2 aliphatic heterocycles. The minimum atomic E-state index is -5.23. The molecule has 0 saturated carbocycles. The van der Waals surface area contributed by atoms with E-state index < -0.39 is 53.8 Å². The Morgan fingerprint density at radius 3 is 2.52 bits per heavy atom. The van der Waals surface area contributed by atoms with Gasteiger partial charge in [0.15, 0.2) is 11.6 Å². The summed E-state index contributed by atoms with van der Waals surface area (Å²) in [5, 5.41) is 4.23. The number of benzene rings is 1. The number of hydrogen-bond acceptors (Lipinski definition) is 5. The van der Waals surface area contributed by atoms with Crippen molar-refractivity contribution >= 4 is 23.8 Å². The highest BCUT2D eigenvalue weighted by atomic mass is 19.4. The molecule has 0 bridgehead atoms. The van der Waals surface area contributed by atoms with E-state index in [1.807, 2.05) is 5.32 Å². The van der Waals surface area contributed by atoms with E-state index in [4.69, 9.17) is 4.74 Å². The van der Waals surface area contributed by atoms with Crippen molar-refractivity contribution in [2.45, 2.75) is 24.2 Å². The Bertz CT molecular complexity index is 858. The van der Waals surface area contributed by atoms with Crippen molar-refractivity contribution in [1.82, 2.24) is 21.5 Å². The van der Waals surface area contributed by atoms with Gasteiger partial charge in [-0.05, 0) is 18.2 Å². The number of carbonyl (C=O) groups excluding carboxylic acids is 4. The van der Waals surface area contributed by atoms with Crippen molar-refractivity contribution < 1.29 is 41.5 Å². The van der Waals surface area contributed by atoms with Crippen LogP contribution in [0.4, 0.5) is 22.4 Å². The van der Waals surface area contributed by atoms with E-state index in [2.05, 4.69) is 5.32 Å². The monoisotopic (exact) mass is 390 g/mol. The predicted molar refractivity (Wildman–Crippen MR) is 76.1 cm³/mol. The second kappa shape index (κ2) is 6.10. The SMILES string of the molecule is O=C1NC(=O)[C@@]2(C[C@@H](C(=O)NNC(=O)C(F)(F)F)Oc3ccc(F)cc32)N1. The van der Waals surface area contributed by atoms with E-state index >= 15 is 0 Å². The van der Waals surface area contributed by atoms with Gasteiger partial charge < -0.3 is 10.1 Å². The fraction of sp³-hybridized carbons (Fsp3) is 0.286. The summed E-state index contributed by atoms with van der Waals surface area (Å²) in [7, 11) is 0. The van der Waals surface area contributed by atoms with Crippen LogP contribution in [0.2, 0.25) is 0 Å². The lowest BCUT2D eigenvalue weighted by atomic mass is 9.81. The van der Waals surface area contributed by atoms with Crippen molar-refractivity contribution in [2.75, 3.05) is 0 Å². The molecule has 1 saturated heterocycles. The summed E-state index contributed by atoms with van der Waals surface area (Å²) in [6.07, 6.45) is -7.35. The number of rotatable bonds is 1. The number of ether oxygens (including phenoxy) is 1. The number of imide groups is 1. The zero-order chi connectivity index (χ0) is 20.0. The number of alkyl halides is 3. The number of urea groups is 1. The molecule has 1 aromatic rings. The maximum atomic E-state index is 13.6. The second-order valence-electron chi connectivity index (χ2n) is 5.71. The fourth-order valence-electron chi connectivity index (χ4n) is 2.76. The Hall–Kier alpha value is -3.38. The molecule has 144 valence electrons. The lowest BCUT2D eigenvalue weighted by molar-refractivity contribution is -0.175. The molecule has 0 aromatic heterocycles. The Morgan fingerprint density at radius 1 is 1.22 bits per heavy atom. The normalized spacial score (nSPS) is 23.8. The maximum absolute atomic E-state index is 13.6. The van der Waals surface area contributed by atoms with Gasteiger partial charge in [-0.15, -0.1) is 0 Å². The Morgan fingerprint density at radius 2 is 1.93 bits per heavy atom. The number of hydrogen-bond donors (Lipinski definition) is 4. The van der Waals surface area contributed by atoms with Gasteiger partial charge in [-0.1, -0.05) is 0 Å². The summed E-state index contributed by atoms with van der Waals surface area (Å²) in [5.74, 6) is -5.40. The molecule has 1 aromatic carbocycles. The Labute approximate surface area is 147 Å². The second-order valence-corrected chi connectivity index (χ2v) is 5.71. The lowest BCUT2D eigenvalue weighted by Gasteiger charge is -2.36. The van der Waals surface area contributed by atoms with Crippen LogP contribution in [0.5, 0.6) is 5.75 Å².